The molecule has 2 aromatic heterocycles. The Bertz CT molecular complexity index is 945. The molecule has 0 bridgehead atoms. The zero-order valence-corrected chi connectivity index (χ0v) is 13.9. The SMILES string of the molecule is O=C(Cn1nc2ccccn2c1=O)N1CCC(Cc2ccccc2)C1. The lowest BCUT2D eigenvalue weighted by Gasteiger charge is -2.16. The standard InChI is InChI=1S/C19H20N4O2/c24-18(14-23-19(25)22-10-5-4-8-17(22)20-23)21-11-9-16(13-21)12-15-6-2-1-3-7-15/h1-8,10,16H,9,11-14H2. The summed E-state index contributed by atoms with van der Waals surface area (Å²) in [6.45, 7) is 1.49. The van der Waals surface area contributed by atoms with Gasteiger partial charge in [-0.15, -0.1) is 5.10 Å². The number of aromatic nitrogens is 3. The highest BCUT2D eigenvalue weighted by Gasteiger charge is 2.27. The number of carbonyl (C=O) groups is 1. The average molecular weight is 336 g/mol. The molecular weight excluding hydrogens is 316 g/mol. The van der Waals surface area contributed by atoms with Gasteiger partial charge in [-0.05, 0) is 36.5 Å². The monoisotopic (exact) mass is 336 g/mol. The van der Waals surface area contributed by atoms with Crippen LogP contribution >= 0.6 is 0 Å². The van der Waals surface area contributed by atoms with Crippen molar-refractivity contribution in [3.63, 3.8) is 0 Å². The van der Waals surface area contributed by atoms with Gasteiger partial charge in [0, 0.05) is 19.3 Å². The van der Waals surface area contributed by atoms with E-state index in [1.807, 2.05) is 29.2 Å². The number of benzene rings is 1. The van der Waals surface area contributed by atoms with Crippen LogP contribution in [-0.4, -0.2) is 38.1 Å². The summed E-state index contributed by atoms with van der Waals surface area (Å²) in [6.07, 6.45) is 3.65. The molecule has 1 unspecified atom stereocenters. The molecule has 0 radical (unpaired) electrons. The summed E-state index contributed by atoms with van der Waals surface area (Å²) in [4.78, 5) is 26.7. The number of amides is 1. The first-order valence-electron chi connectivity index (χ1n) is 8.56. The Labute approximate surface area is 145 Å². The number of likely N-dealkylation sites (tertiary alicyclic amines) is 1. The third kappa shape index (κ3) is 3.20. The van der Waals surface area contributed by atoms with Crippen molar-refractivity contribution in [2.75, 3.05) is 13.1 Å². The largest absolute Gasteiger partial charge is 0.350 e. The number of hydrogen-bond acceptors (Lipinski definition) is 3. The molecule has 4 rings (SSSR count). The molecule has 6 heteroatoms. The van der Waals surface area contributed by atoms with Gasteiger partial charge in [-0.2, -0.15) is 0 Å². The first-order valence-corrected chi connectivity index (χ1v) is 8.56. The minimum atomic E-state index is -0.274. The second-order valence-corrected chi connectivity index (χ2v) is 6.55. The van der Waals surface area contributed by atoms with E-state index in [4.69, 9.17) is 0 Å². The van der Waals surface area contributed by atoms with Crippen molar-refractivity contribution in [1.29, 1.82) is 0 Å². The van der Waals surface area contributed by atoms with E-state index in [9.17, 15) is 9.59 Å². The van der Waals surface area contributed by atoms with Crippen LogP contribution < -0.4 is 5.69 Å². The van der Waals surface area contributed by atoms with Crippen molar-refractivity contribution in [2.24, 2.45) is 5.92 Å². The fourth-order valence-corrected chi connectivity index (χ4v) is 3.47. The molecule has 3 heterocycles. The molecule has 1 aromatic carbocycles. The summed E-state index contributed by atoms with van der Waals surface area (Å²) in [7, 11) is 0. The van der Waals surface area contributed by atoms with Crippen LogP contribution in [0.5, 0.6) is 0 Å². The van der Waals surface area contributed by atoms with Gasteiger partial charge in [-0.25, -0.2) is 9.48 Å². The van der Waals surface area contributed by atoms with Crippen LogP contribution in [0, 0.1) is 5.92 Å². The molecule has 25 heavy (non-hydrogen) atoms. The molecule has 1 fully saturated rings. The van der Waals surface area contributed by atoms with Crippen molar-refractivity contribution in [1.82, 2.24) is 19.1 Å². The molecule has 0 aliphatic carbocycles. The predicted octanol–water partition coefficient (Wildman–Crippen LogP) is 1.59. The van der Waals surface area contributed by atoms with Crippen LogP contribution in [0.1, 0.15) is 12.0 Å². The van der Waals surface area contributed by atoms with Crippen LogP contribution in [0.3, 0.4) is 0 Å². The molecule has 0 saturated carbocycles. The summed E-state index contributed by atoms with van der Waals surface area (Å²) in [5.74, 6) is 0.435. The van der Waals surface area contributed by atoms with E-state index in [2.05, 4.69) is 17.2 Å². The van der Waals surface area contributed by atoms with Gasteiger partial charge < -0.3 is 4.90 Å². The highest BCUT2D eigenvalue weighted by molar-refractivity contribution is 5.76. The van der Waals surface area contributed by atoms with Crippen molar-refractivity contribution in [3.8, 4) is 0 Å². The van der Waals surface area contributed by atoms with Crippen molar-refractivity contribution >= 4 is 11.6 Å². The van der Waals surface area contributed by atoms with Gasteiger partial charge in [0.05, 0.1) is 0 Å². The average Bonchev–Trinajstić information content (AvgIpc) is 3.22. The molecule has 1 atom stereocenters. The lowest BCUT2D eigenvalue weighted by molar-refractivity contribution is -0.131. The van der Waals surface area contributed by atoms with Gasteiger partial charge in [0.2, 0.25) is 5.91 Å². The van der Waals surface area contributed by atoms with E-state index in [1.165, 1.54) is 14.6 Å². The Morgan fingerprint density at radius 3 is 2.72 bits per heavy atom. The Balaban J connectivity index is 1.41. The van der Waals surface area contributed by atoms with Gasteiger partial charge in [0.25, 0.3) is 0 Å². The fourth-order valence-electron chi connectivity index (χ4n) is 3.47. The molecule has 3 aromatic rings. The third-order valence-corrected chi connectivity index (χ3v) is 4.78. The minimum Gasteiger partial charge on any atom is -0.341 e. The lowest BCUT2D eigenvalue weighted by Crippen LogP contribution is -2.35. The van der Waals surface area contributed by atoms with Gasteiger partial charge in [0.15, 0.2) is 5.65 Å². The molecule has 1 saturated heterocycles. The molecule has 1 aliphatic rings. The van der Waals surface area contributed by atoms with E-state index in [1.54, 1.807) is 18.3 Å². The predicted molar refractivity (Wildman–Crippen MR) is 94.3 cm³/mol. The van der Waals surface area contributed by atoms with Crippen LogP contribution in [0.4, 0.5) is 0 Å². The fraction of sp³-hybridized carbons (Fsp3) is 0.316. The van der Waals surface area contributed by atoms with Gasteiger partial charge >= 0.3 is 5.69 Å². The highest BCUT2D eigenvalue weighted by Crippen LogP contribution is 2.21. The molecule has 1 amide bonds. The Hall–Kier alpha value is -2.89. The molecular formula is C19H20N4O2. The zero-order valence-electron chi connectivity index (χ0n) is 13.9. The van der Waals surface area contributed by atoms with E-state index >= 15 is 0 Å². The van der Waals surface area contributed by atoms with Gasteiger partial charge in [-0.1, -0.05) is 36.4 Å². The van der Waals surface area contributed by atoms with Crippen LogP contribution in [0.15, 0.2) is 59.5 Å². The van der Waals surface area contributed by atoms with E-state index in [-0.39, 0.29) is 18.1 Å². The summed E-state index contributed by atoms with van der Waals surface area (Å²) in [5, 5.41) is 4.23. The van der Waals surface area contributed by atoms with Crippen molar-refractivity contribution in [2.45, 2.75) is 19.4 Å². The number of pyridine rings is 1. The van der Waals surface area contributed by atoms with Gasteiger partial charge in [-0.3, -0.25) is 9.20 Å². The summed E-state index contributed by atoms with van der Waals surface area (Å²) in [5.41, 5.74) is 1.59. The summed E-state index contributed by atoms with van der Waals surface area (Å²) >= 11 is 0. The minimum absolute atomic E-state index is 0.00142. The quantitative estimate of drug-likeness (QED) is 0.727. The summed E-state index contributed by atoms with van der Waals surface area (Å²) in [6, 6.07) is 15.7. The number of rotatable bonds is 4. The maximum Gasteiger partial charge on any atom is 0.350 e. The smallest absolute Gasteiger partial charge is 0.341 e. The Kier molecular flexibility index (Phi) is 4.09. The molecule has 128 valence electrons. The van der Waals surface area contributed by atoms with Crippen molar-refractivity contribution < 1.29 is 4.79 Å². The Morgan fingerprint density at radius 2 is 1.92 bits per heavy atom. The maximum atomic E-state index is 12.6. The molecule has 0 spiro atoms. The highest BCUT2D eigenvalue weighted by atomic mass is 16.2. The number of fused-ring (bicyclic) bond motifs is 1. The first-order chi connectivity index (χ1) is 12.2. The second kappa shape index (κ2) is 6.55. The van der Waals surface area contributed by atoms with E-state index in [0.29, 0.717) is 11.6 Å². The van der Waals surface area contributed by atoms with E-state index in [0.717, 1.165) is 25.9 Å². The summed E-state index contributed by atoms with van der Waals surface area (Å²) < 4.78 is 2.71. The second-order valence-electron chi connectivity index (χ2n) is 6.55. The third-order valence-electron chi connectivity index (χ3n) is 4.78. The first kappa shape index (κ1) is 15.6. The zero-order chi connectivity index (χ0) is 17.2. The topological polar surface area (TPSA) is 59.6 Å². The molecule has 1 aliphatic heterocycles. The van der Waals surface area contributed by atoms with E-state index < -0.39 is 0 Å². The Morgan fingerprint density at radius 1 is 1.12 bits per heavy atom. The maximum absolute atomic E-state index is 12.6. The number of carbonyl (C=O) groups excluding carboxylic acids is 1. The van der Waals surface area contributed by atoms with Crippen LogP contribution in [0.25, 0.3) is 5.65 Å². The van der Waals surface area contributed by atoms with Crippen molar-refractivity contribution in [3.05, 3.63) is 70.8 Å². The normalized spacial score (nSPS) is 17.3. The van der Waals surface area contributed by atoms with Crippen LogP contribution in [-0.2, 0) is 17.8 Å². The van der Waals surface area contributed by atoms with Crippen LogP contribution in [0.2, 0.25) is 0 Å². The number of nitrogens with zero attached hydrogens (tertiary/aromatic N) is 4. The molecule has 6 nitrogen and oxygen atoms in total. The lowest BCUT2D eigenvalue weighted by atomic mass is 9.99. The molecule has 0 N–H and O–H groups in total. The van der Waals surface area contributed by atoms with Gasteiger partial charge in [0.1, 0.15) is 6.54 Å². The number of hydrogen-bond donors (Lipinski definition) is 0.